The predicted octanol–water partition coefficient (Wildman–Crippen LogP) is 0.667. The lowest BCUT2D eigenvalue weighted by molar-refractivity contribution is -0.117. The molecule has 2 aromatic rings. The molecule has 0 aliphatic heterocycles. The van der Waals surface area contributed by atoms with Crippen molar-refractivity contribution in [3.8, 4) is 0 Å². The van der Waals surface area contributed by atoms with E-state index in [1.807, 2.05) is 24.4 Å². The number of urea groups is 1. The van der Waals surface area contributed by atoms with E-state index >= 15 is 0 Å². The number of rotatable bonds is 4. The molecule has 0 saturated carbocycles. The van der Waals surface area contributed by atoms with Gasteiger partial charge in [-0.2, -0.15) is 0 Å². The molecule has 0 aliphatic rings. The van der Waals surface area contributed by atoms with Gasteiger partial charge in [0.05, 0.1) is 5.75 Å². The maximum atomic E-state index is 11.5. The number of hydrogen-bond donors (Lipinski definition) is 2. The van der Waals surface area contributed by atoms with Gasteiger partial charge < -0.3 is 5.32 Å². The molecule has 2 aromatic heterocycles. The summed E-state index contributed by atoms with van der Waals surface area (Å²) < 4.78 is 1.78. The van der Waals surface area contributed by atoms with E-state index in [9.17, 15) is 9.59 Å². The van der Waals surface area contributed by atoms with Crippen molar-refractivity contribution in [2.75, 3.05) is 12.3 Å². The molecule has 0 bridgehead atoms. The Balaban J connectivity index is 1.92. The summed E-state index contributed by atoms with van der Waals surface area (Å²) in [7, 11) is 0. The molecule has 100 valence electrons. The Morgan fingerprint density at radius 1 is 1.37 bits per heavy atom. The van der Waals surface area contributed by atoms with Gasteiger partial charge in [-0.05, 0) is 19.1 Å². The number of aromatic nitrogens is 3. The lowest BCUT2D eigenvalue weighted by Gasteiger charge is -2.03. The summed E-state index contributed by atoms with van der Waals surface area (Å²) in [6, 6.07) is 5.06. The average molecular weight is 279 g/mol. The van der Waals surface area contributed by atoms with Gasteiger partial charge in [0.2, 0.25) is 5.91 Å². The largest absolute Gasteiger partial charge is 0.338 e. The zero-order chi connectivity index (χ0) is 13.7. The molecule has 19 heavy (non-hydrogen) atoms. The number of imide groups is 1. The number of nitrogens with one attached hydrogen (secondary N) is 2. The van der Waals surface area contributed by atoms with E-state index in [1.54, 1.807) is 11.3 Å². The van der Waals surface area contributed by atoms with E-state index in [0.717, 1.165) is 0 Å². The highest BCUT2D eigenvalue weighted by molar-refractivity contribution is 7.99. The van der Waals surface area contributed by atoms with Crippen molar-refractivity contribution in [1.82, 2.24) is 25.2 Å². The van der Waals surface area contributed by atoms with Gasteiger partial charge in [0.25, 0.3) is 0 Å². The number of pyridine rings is 1. The highest BCUT2D eigenvalue weighted by atomic mass is 32.2. The number of fused-ring (bicyclic) bond motifs is 1. The predicted molar refractivity (Wildman–Crippen MR) is 70.9 cm³/mol. The van der Waals surface area contributed by atoms with Crippen LogP contribution in [0.15, 0.2) is 29.6 Å². The minimum Gasteiger partial charge on any atom is -0.338 e. The minimum absolute atomic E-state index is 0.104. The lowest BCUT2D eigenvalue weighted by Crippen LogP contribution is -2.40. The van der Waals surface area contributed by atoms with Crippen molar-refractivity contribution in [2.45, 2.75) is 12.1 Å². The van der Waals surface area contributed by atoms with Crippen LogP contribution in [0.1, 0.15) is 6.92 Å². The molecule has 2 rings (SSSR count). The van der Waals surface area contributed by atoms with Crippen LogP contribution < -0.4 is 10.6 Å². The smallest absolute Gasteiger partial charge is 0.321 e. The van der Waals surface area contributed by atoms with Crippen LogP contribution in [0.4, 0.5) is 4.79 Å². The summed E-state index contributed by atoms with van der Waals surface area (Å²) in [5, 5.41) is 13.3. The summed E-state index contributed by atoms with van der Waals surface area (Å²) in [6.45, 7) is 2.25. The van der Waals surface area contributed by atoms with Crippen LogP contribution in [0.5, 0.6) is 0 Å². The van der Waals surface area contributed by atoms with Crippen LogP contribution in [0.25, 0.3) is 5.65 Å². The third kappa shape index (κ3) is 3.44. The lowest BCUT2D eigenvalue weighted by atomic mass is 10.5. The Labute approximate surface area is 113 Å². The first kappa shape index (κ1) is 13.3. The number of carbonyl (C=O) groups is 2. The molecule has 0 atom stereocenters. The van der Waals surface area contributed by atoms with Crippen molar-refractivity contribution in [3.05, 3.63) is 24.4 Å². The first-order chi connectivity index (χ1) is 9.20. The van der Waals surface area contributed by atoms with Crippen LogP contribution in [0.3, 0.4) is 0 Å². The quantitative estimate of drug-likeness (QED) is 0.803. The standard InChI is InChI=1S/C11H13N5O2S/c1-2-12-10(18)13-9(17)7-19-11-15-14-8-5-3-4-6-16(8)11/h3-6H,2,7H2,1H3,(H2,12,13,17,18). The van der Waals surface area contributed by atoms with E-state index in [2.05, 4.69) is 20.8 Å². The van der Waals surface area contributed by atoms with Gasteiger partial charge in [-0.15, -0.1) is 10.2 Å². The zero-order valence-electron chi connectivity index (χ0n) is 10.3. The van der Waals surface area contributed by atoms with E-state index in [4.69, 9.17) is 0 Å². The summed E-state index contributed by atoms with van der Waals surface area (Å²) >= 11 is 1.22. The molecular formula is C11H13N5O2S. The van der Waals surface area contributed by atoms with E-state index in [-0.39, 0.29) is 11.7 Å². The summed E-state index contributed by atoms with van der Waals surface area (Å²) in [6.07, 6.45) is 1.82. The van der Waals surface area contributed by atoms with Crippen molar-refractivity contribution in [3.63, 3.8) is 0 Å². The maximum Gasteiger partial charge on any atom is 0.321 e. The normalized spacial score (nSPS) is 10.4. The summed E-state index contributed by atoms with van der Waals surface area (Å²) in [4.78, 5) is 22.7. The number of nitrogens with zero attached hydrogens (tertiary/aromatic N) is 3. The van der Waals surface area contributed by atoms with Gasteiger partial charge in [0, 0.05) is 12.7 Å². The van der Waals surface area contributed by atoms with Crippen molar-refractivity contribution in [2.24, 2.45) is 0 Å². The van der Waals surface area contributed by atoms with Crippen LogP contribution in [0, 0.1) is 0 Å². The monoisotopic (exact) mass is 279 g/mol. The minimum atomic E-state index is -0.487. The molecule has 0 unspecified atom stereocenters. The van der Waals surface area contributed by atoms with Crippen molar-refractivity contribution in [1.29, 1.82) is 0 Å². The molecule has 7 nitrogen and oxygen atoms in total. The fourth-order valence-corrected chi connectivity index (χ4v) is 2.14. The highest BCUT2D eigenvalue weighted by Crippen LogP contribution is 2.15. The van der Waals surface area contributed by atoms with Gasteiger partial charge in [0.1, 0.15) is 0 Å². The second-order valence-electron chi connectivity index (χ2n) is 3.61. The molecule has 2 heterocycles. The third-order valence-corrected chi connectivity index (χ3v) is 3.15. The molecule has 2 N–H and O–H groups in total. The Morgan fingerprint density at radius 3 is 3.00 bits per heavy atom. The SMILES string of the molecule is CCNC(=O)NC(=O)CSc1nnc2ccccn12. The topological polar surface area (TPSA) is 88.4 Å². The fourth-order valence-electron chi connectivity index (χ4n) is 1.42. The molecule has 3 amide bonds. The van der Waals surface area contributed by atoms with Gasteiger partial charge in [0.15, 0.2) is 10.8 Å². The number of hydrogen-bond acceptors (Lipinski definition) is 5. The summed E-state index contributed by atoms with van der Waals surface area (Å²) in [5.41, 5.74) is 0.717. The van der Waals surface area contributed by atoms with Crippen LogP contribution in [-0.2, 0) is 4.79 Å². The zero-order valence-corrected chi connectivity index (χ0v) is 11.1. The van der Waals surface area contributed by atoms with Gasteiger partial charge in [-0.1, -0.05) is 17.8 Å². The summed E-state index contributed by atoms with van der Waals surface area (Å²) in [5.74, 6) is -0.268. The second-order valence-corrected chi connectivity index (χ2v) is 4.55. The third-order valence-electron chi connectivity index (χ3n) is 2.21. The van der Waals surface area contributed by atoms with Crippen molar-refractivity contribution >= 4 is 29.3 Å². The maximum absolute atomic E-state index is 11.5. The van der Waals surface area contributed by atoms with E-state index in [0.29, 0.717) is 17.3 Å². The Hall–Kier alpha value is -2.09. The number of carbonyl (C=O) groups excluding carboxylic acids is 2. The van der Waals surface area contributed by atoms with Crippen LogP contribution >= 0.6 is 11.8 Å². The molecular weight excluding hydrogens is 266 g/mol. The first-order valence-corrected chi connectivity index (χ1v) is 6.69. The van der Waals surface area contributed by atoms with Crippen molar-refractivity contribution < 1.29 is 9.59 Å². The molecule has 0 saturated heterocycles. The molecule has 0 radical (unpaired) electrons. The Kier molecular flexibility index (Phi) is 4.35. The van der Waals surface area contributed by atoms with Gasteiger partial charge in [-0.3, -0.25) is 14.5 Å². The molecule has 0 aliphatic carbocycles. The van der Waals surface area contributed by atoms with E-state index in [1.165, 1.54) is 11.8 Å². The molecule has 0 spiro atoms. The molecule has 8 heteroatoms. The average Bonchev–Trinajstić information content (AvgIpc) is 2.80. The Morgan fingerprint density at radius 2 is 2.21 bits per heavy atom. The van der Waals surface area contributed by atoms with Gasteiger partial charge >= 0.3 is 6.03 Å². The highest BCUT2D eigenvalue weighted by Gasteiger charge is 2.10. The Bertz CT molecular complexity index is 598. The van der Waals surface area contributed by atoms with Crippen LogP contribution in [0.2, 0.25) is 0 Å². The number of thioether (sulfide) groups is 1. The fraction of sp³-hybridized carbons (Fsp3) is 0.273. The molecule has 0 fully saturated rings. The molecule has 0 aromatic carbocycles. The second kappa shape index (κ2) is 6.19. The first-order valence-electron chi connectivity index (χ1n) is 5.71. The van der Waals surface area contributed by atoms with Crippen LogP contribution in [-0.4, -0.2) is 38.8 Å². The van der Waals surface area contributed by atoms with E-state index < -0.39 is 6.03 Å². The number of amides is 3. The van der Waals surface area contributed by atoms with Gasteiger partial charge in [-0.25, -0.2) is 4.79 Å².